The van der Waals surface area contributed by atoms with Gasteiger partial charge in [-0.1, -0.05) is 35.3 Å². The lowest BCUT2D eigenvalue weighted by molar-refractivity contribution is -0.142. The van der Waals surface area contributed by atoms with Crippen LogP contribution in [-0.4, -0.2) is 25.3 Å². The molecule has 0 atom stereocenters. The number of amides is 1. The Morgan fingerprint density at radius 3 is 2.62 bits per heavy atom. The second-order valence-electron chi connectivity index (χ2n) is 5.20. The summed E-state index contributed by atoms with van der Waals surface area (Å²) in [7, 11) is 0. The Morgan fingerprint density at radius 2 is 1.85 bits per heavy atom. The molecule has 0 aliphatic carbocycles. The summed E-state index contributed by atoms with van der Waals surface area (Å²) in [5.41, 5.74) is 1.01. The van der Waals surface area contributed by atoms with Crippen molar-refractivity contribution in [1.82, 2.24) is 0 Å². The number of anilines is 1. The largest absolute Gasteiger partial charge is 0.454 e. The highest BCUT2D eigenvalue weighted by molar-refractivity contribution is 6.39. The van der Waals surface area contributed by atoms with Crippen molar-refractivity contribution in [2.75, 3.05) is 18.7 Å². The molecule has 6 nitrogen and oxygen atoms in total. The molecule has 26 heavy (non-hydrogen) atoms. The van der Waals surface area contributed by atoms with E-state index in [2.05, 4.69) is 5.32 Å². The first kappa shape index (κ1) is 18.1. The summed E-state index contributed by atoms with van der Waals surface area (Å²) in [6.07, 6.45) is 2.76. The number of halogens is 2. The lowest BCUT2D eigenvalue weighted by atomic mass is 10.2. The third kappa shape index (κ3) is 4.47. The van der Waals surface area contributed by atoms with Crippen LogP contribution < -0.4 is 14.8 Å². The number of nitrogens with one attached hydrogen (secondary N) is 1. The van der Waals surface area contributed by atoms with Gasteiger partial charge in [-0.3, -0.25) is 4.79 Å². The Bertz CT molecular complexity index is 862. The number of carbonyl (C=O) groups excluding carboxylic acids is 2. The van der Waals surface area contributed by atoms with Crippen LogP contribution in [0.1, 0.15) is 5.56 Å². The van der Waals surface area contributed by atoms with Gasteiger partial charge in [-0.2, -0.15) is 0 Å². The van der Waals surface area contributed by atoms with E-state index in [1.807, 2.05) is 0 Å². The fourth-order valence-electron chi connectivity index (χ4n) is 2.16. The number of hydrogen-bond donors (Lipinski definition) is 1. The zero-order valence-corrected chi connectivity index (χ0v) is 14.8. The summed E-state index contributed by atoms with van der Waals surface area (Å²) >= 11 is 11.9. The van der Waals surface area contributed by atoms with Crippen LogP contribution in [0.4, 0.5) is 5.69 Å². The van der Waals surface area contributed by atoms with E-state index >= 15 is 0 Å². The Kier molecular flexibility index (Phi) is 5.65. The van der Waals surface area contributed by atoms with Gasteiger partial charge in [0.15, 0.2) is 18.1 Å². The number of carbonyl (C=O) groups is 2. The SMILES string of the molecule is O=C(COC(=O)C=Cc1ccc2c(c1)OCO2)Nc1c(Cl)cccc1Cl. The summed E-state index contributed by atoms with van der Waals surface area (Å²) in [6, 6.07) is 10.1. The summed E-state index contributed by atoms with van der Waals surface area (Å²) in [5, 5.41) is 3.08. The minimum absolute atomic E-state index is 0.176. The molecule has 0 spiro atoms. The van der Waals surface area contributed by atoms with Crippen molar-refractivity contribution < 1.29 is 23.8 Å². The van der Waals surface area contributed by atoms with Crippen molar-refractivity contribution in [3.05, 3.63) is 58.1 Å². The van der Waals surface area contributed by atoms with Crippen LogP contribution in [0.15, 0.2) is 42.5 Å². The van der Waals surface area contributed by atoms with Crippen LogP contribution in [0, 0.1) is 0 Å². The van der Waals surface area contributed by atoms with E-state index < -0.39 is 18.5 Å². The van der Waals surface area contributed by atoms with Gasteiger partial charge in [0.2, 0.25) is 6.79 Å². The number of para-hydroxylation sites is 1. The van der Waals surface area contributed by atoms with Gasteiger partial charge in [-0.25, -0.2) is 4.79 Å². The van der Waals surface area contributed by atoms with Crippen LogP contribution >= 0.6 is 23.2 Å². The fraction of sp³-hybridized carbons (Fsp3) is 0.111. The molecule has 1 aliphatic rings. The molecular weight excluding hydrogens is 381 g/mol. The van der Waals surface area contributed by atoms with Gasteiger partial charge < -0.3 is 19.5 Å². The zero-order chi connectivity index (χ0) is 18.5. The molecule has 1 aliphatic heterocycles. The third-order valence-electron chi connectivity index (χ3n) is 3.38. The van der Waals surface area contributed by atoms with Gasteiger partial charge in [-0.05, 0) is 35.9 Å². The van der Waals surface area contributed by atoms with Crippen LogP contribution in [0.25, 0.3) is 6.08 Å². The maximum atomic E-state index is 11.9. The zero-order valence-electron chi connectivity index (χ0n) is 13.3. The molecule has 134 valence electrons. The average molecular weight is 394 g/mol. The monoisotopic (exact) mass is 393 g/mol. The topological polar surface area (TPSA) is 73.9 Å². The van der Waals surface area contributed by atoms with E-state index in [1.165, 1.54) is 6.08 Å². The fourth-order valence-corrected chi connectivity index (χ4v) is 2.65. The summed E-state index contributed by atoms with van der Waals surface area (Å²) < 4.78 is 15.4. The molecular formula is C18H13Cl2NO5. The van der Waals surface area contributed by atoms with Crippen LogP contribution in [-0.2, 0) is 14.3 Å². The molecule has 1 heterocycles. The van der Waals surface area contributed by atoms with Gasteiger partial charge in [-0.15, -0.1) is 0 Å². The van der Waals surface area contributed by atoms with Gasteiger partial charge >= 0.3 is 5.97 Å². The first-order valence-electron chi connectivity index (χ1n) is 7.51. The van der Waals surface area contributed by atoms with Crippen LogP contribution in [0.2, 0.25) is 10.0 Å². The highest BCUT2D eigenvalue weighted by atomic mass is 35.5. The first-order valence-corrected chi connectivity index (χ1v) is 8.27. The number of rotatable bonds is 5. The summed E-state index contributed by atoms with van der Waals surface area (Å²) in [5.74, 6) is 0.0454. The Hall–Kier alpha value is -2.70. The molecule has 0 radical (unpaired) electrons. The molecule has 2 aromatic rings. The van der Waals surface area contributed by atoms with Gasteiger partial charge in [0.25, 0.3) is 5.91 Å². The van der Waals surface area contributed by atoms with Gasteiger partial charge in [0, 0.05) is 6.08 Å². The molecule has 0 unspecified atom stereocenters. The van der Waals surface area contributed by atoms with E-state index in [0.29, 0.717) is 21.5 Å². The number of benzene rings is 2. The number of fused-ring (bicyclic) bond motifs is 1. The molecule has 8 heteroatoms. The summed E-state index contributed by atoms with van der Waals surface area (Å²) in [4.78, 5) is 23.6. The quantitative estimate of drug-likeness (QED) is 0.615. The van der Waals surface area contributed by atoms with Crippen molar-refractivity contribution in [2.24, 2.45) is 0 Å². The molecule has 0 bridgehead atoms. The average Bonchev–Trinajstić information content (AvgIpc) is 3.09. The molecule has 1 N–H and O–H groups in total. The number of esters is 1. The van der Waals surface area contributed by atoms with Crippen LogP contribution in [0.3, 0.4) is 0 Å². The third-order valence-corrected chi connectivity index (χ3v) is 4.01. The molecule has 1 amide bonds. The van der Waals surface area contributed by atoms with E-state index in [0.717, 1.165) is 5.56 Å². The van der Waals surface area contributed by atoms with Crippen molar-refractivity contribution in [1.29, 1.82) is 0 Å². The van der Waals surface area contributed by atoms with E-state index in [4.69, 9.17) is 37.4 Å². The lowest BCUT2D eigenvalue weighted by Gasteiger charge is -2.08. The minimum Gasteiger partial charge on any atom is -0.454 e. The Balaban J connectivity index is 1.51. The second kappa shape index (κ2) is 8.12. The van der Waals surface area contributed by atoms with Crippen molar-refractivity contribution in [3.8, 4) is 11.5 Å². The van der Waals surface area contributed by atoms with Crippen molar-refractivity contribution in [2.45, 2.75) is 0 Å². The second-order valence-corrected chi connectivity index (χ2v) is 6.01. The van der Waals surface area contributed by atoms with Crippen molar-refractivity contribution in [3.63, 3.8) is 0 Å². The smallest absolute Gasteiger partial charge is 0.331 e. The lowest BCUT2D eigenvalue weighted by Crippen LogP contribution is -2.20. The molecule has 0 saturated carbocycles. The van der Waals surface area contributed by atoms with Crippen LogP contribution in [0.5, 0.6) is 11.5 Å². The van der Waals surface area contributed by atoms with Gasteiger partial charge in [0.05, 0.1) is 15.7 Å². The molecule has 2 aromatic carbocycles. The Labute approximate surface area is 159 Å². The standard InChI is InChI=1S/C18H13Cl2NO5/c19-12-2-1-3-13(20)18(12)21-16(22)9-24-17(23)7-5-11-4-6-14-15(8-11)26-10-25-14/h1-8H,9-10H2,(H,21,22). The predicted octanol–water partition coefficient (Wildman–Crippen LogP) is 3.92. The predicted molar refractivity (Wildman–Crippen MR) is 97.6 cm³/mol. The highest BCUT2D eigenvalue weighted by Gasteiger charge is 2.13. The van der Waals surface area contributed by atoms with Crippen molar-refractivity contribution >= 4 is 46.8 Å². The summed E-state index contributed by atoms with van der Waals surface area (Å²) in [6.45, 7) is -0.291. The van der Waals surface area contributed by atoms with Gasteiger partial charge in [0.1, 0.15) is 0 Å². The van der Waals surface area contributed by atoms with E-state index in [9.17, 15) is 9.59 Å². The molecule has 3 rings (SSSR count). The number of hydrogen-bond acceptors (Lipinski definition) is 5. The maximum Gasteiger partial charge on any atom is 0.331 e. The molecule has 0 fully saturated rings. The number of ether oxygens (including phenoxy) is 3. The Morgan fingerprint density at radius 1 is 1.12 bits per heavy atom. The highest BCUT2D eigenvalue weighted by Crippen LogP contribution is 2.33. The van der Waals surface area contributed by atoms with E-state index in [-0.39, 0.29) is 12.5 Å². The minimum atomic E-state index is -0.664. The molecule has 0 aromatic heterocycles. The normalized spacial score (nSPS) is 12.2. The first-order chi connectivity index (χ1) is 12.5. The molecule has 0 saturated heterocycles. The van der Waals surface area contributed by atoms with E-state index in [1.54, 1.807) is 42.5 Å². The maximum absolute atomic E-state index is 11.9.